The number of carbonyl (C=O) groups is 1. The second kappa shape index (κ2) is 4.95. The first-order chi connectivity index (χ1) is 7.68. The molecule has 1 heterocycles. The Morgan fingerprint density at radius 1 is 1.38 bits per heavy atom. The smallest absolute Gasteiger partial charge is 0.141 e. The number of carbonyl (C=O) groups excluding carboxylic acids is 1. The largest absolute Gasteiger partial charge is 0.299 e. The van der Waals surface area contributed by atoms with Gasteiger partial charge in [0.05, 0.1) is 0 Å². The van der Waals surface area contributed by atoms with Gasteiger partial charge in [-0.3, -0.25) is 4.79 Å². The molecular weight excluding hydrogens is 230 g/mol. The van der Waals surface area contributed by atoms with Gasteiger partial charge in [-0.15, -0.1) is 0 Å². The van der Waals surface area contributed by atoms with Crippen LogP contribution in [0.25, 0.3) is 0 Å². The zero-order chi connectivity index (χ0) is 11.5. The molecule has 0 spiro atoms. The Kier molecular flexibility index (Phi) is 3.59. The van der Waals surface area contributed by atoms with Gasteiger partial charge in [0.2, 0.25) is 0 Å². The van der Waals surface area contributed by atoms with Crippen molar-refractivity contribution in [3.05, 3.63) is 35.4 Å². The number of Topliss-reactive ketones (excluding diaryl/α,β-unsaturated/α-hetero) is 1. The molecule has 0 saturated carbocycles. The van der Waals surface area contributed by atoms with E-state index in [1.54, 1.807) is 11.8 Å². The molecule has 1 aliphatic rings. The fourth-order valence-corrected chi connectivity index (χ4v) is 3.06. The first-order valence-corrected chi connectivity index (χ1v) is 6.37. The number of rotatable bonds is 3. The third kappa shape index (κ3) is 2.43. The van der Waals surface area contributed by atoms with Crippen molar-refractivity contribution in [2.75, 3.05) is 11.5 Å². The van der Waals surface area contributed by atoms with E-state index >= 15 is 0 Å². The summed E-state index contributed by atoms with van der Waals surface area (Å²) >= 11 is 1.72. The average molecular weight is 242 g/mol. The summed E-state index contributed by atoms with van der Waals surface area (Å²) < 4.78 is 26.6. The molecule has 0 N–H and O–H groups in total. The lowest BCUT2D eigenvalue weighted by Gasteiger charge is -2.08. The summed E-state index contributed by atoms with van der Waals surface area (Å²) in [5, 5.41) is 0. The molecule has 1 atom stereocenters. The normalized spacial score (nSPS) is 20.0. The van der Waals surface area contributed by atoms with E-state index in [0.29, 0.717) is 0 Å². The number of hydrogen-bond donors (Lipinski definition) is 0. The number of halogens is 2. The van der Waals surface area contributed by atoms with Gasteiger partial charge in [0.15, 0.2) is 0 Å². The van der Waals surface area contributed by atoms with E-state index in [0.717, 1.165) is 17.9 Å². The Hall–Kier alpha value is -0.900. The van der Waals surface area contributed by atoms with Crippen LogP contribution in [0.3, 0.4) is 0 Å². The van der Waals surface area contributed by atoms with Crippen LogP contribution in [0.4, 0.5) is 8.78 Å². The summed E-state index contributed by atoms with van der Waals surface area (Å²) in [5.41, 5.74) is -0.0931. The third-order valence-corrected chi connectivity index (χ3v) is 3.96. The Morgan fingerprint density at radius 3 is 2.62 bits per heavy atom. The quantitative estimate of drug-likeness (QED) is 0.810. The van der Waals surface area contributed by atoms with Crippen LogP contribution in [0, 0.1) is 17.6 Å². The molecule has 0 amide bonds. The highest BCUT2D eigenvalue weighted by Crippen LogP contribution is 2.26. The van der Waals surface area contributed by atoms with E-state index < -0.39 is 11.6 Å². The second-order valence-electron chi connectivity index (χ2n) is 3.90. The van der Waals surface area contributed by atoms with Gasteiger partial charge in [0.25, 0.3) is 0 Å². The molecule has 1 aliphatic heterocycles. The summed E-state index contributed by atoms with van der Waals surface area (Å²) in [7, 11) is 0. The number of benzene rings is 1. The van der Waals surface area contributed by atoms with Crippen LogP contribution >= 0.6 is 11.8 Å². The maximum Gasteiger partial charge on any atom is 0.141 e. The predicted molar refractivity (Wildman–Crippen MR) is 60.5 cm³/mol. The zero-order valence-corrected chi connectivity index (χ0v) is 9.53. The summed E-state index contributed by atoms with van der Waals surface area (Å²) in [4.78, 5) is 11.8. The predicted octanol–water partition coefficient (Wildman–Crippen LogP) is 2.83. The van der Waals surface area contributed by atoms with Gasteiger partial charge >= 0.3 is 0 Å². The summed E-state index contributed by atoms with van der Waals surface area (Å²) in [6.45, 7) is 0. The lowest BCUT2D eigenvalue weighted by Crippen LogP contribution is -2.17. The zero-order valence-electron chi connectivity index (χ0n) is 8.71. The van der Waals surface area contributed by atoms with Gasteiger partial charge < -0.3 is 0 Å². The summed E-state index contributed by atoms with van der Waals surface area (Å²) in [6.07, 6.45) is 0.712. The molecule has 1 unspecified atom stereocenters. The van der Waals surface area contributed by atoms with E-state index in [9.17, 15) is 13.6 Å². The Balaban J connectivity index is 2.11. The monoisotopic (exact) mass is 242 g/mol. The topological polar surface area (TPSA) is 17.1 Å². The van der Waals surface area contributed by atoms with Crippen LogP contribution in [-0.4, -0.2) is 17.3 Å². The van der Waals surface area contributed by atoms with Crippen molar-refractivity contribution in [3.8, 4) is 0 Å². The van der Waals surface area contributed by atoms with Crippen LogP contribution in [-0.2, 0) is 11.2 Å². The number of ketones is 1. The fraction of sp³-hybridized carbons (Fsp3) is 0.417. The van der Waals surface area contributed by atoms with E-state index in [2.05, 4.69) is 0 Å². The lowest BCUT2D eigenvalue weighted by atomic mass is 9.97. The van der Waals surface area contributed by atoms with Crippen molar-refractivity contribution in [2.24, 2.45) is 5.92 Å². The van der Waals surface area contributed by atoms with Crippen LogP contribution in [0.1, 0.15) is 12.0 Å². The highest BCUT2D eigenvalue weighted by Gasteiger charge is 2.24. The number of thioether (sulfide) groups is 1. The van der Waals surface area contributed by atoms with Crippen molar-refractivity contribution in [3.63, 3.8) is 0 Å². The maximum absolute atomic E-state index is 13.3. The van der Waals surface area contributed by atoms with Gasteiger partial charge in [-0.05, 0) is 24.3 Å². The van der Waals surface area contributed by atoms with Crippen molar-refractivity contribution < 1.29 is 13.6 Å². The molecular formula is C12H12F2OS. The van der Waals surface area contributed by atoms with E-state index in [1.807, 2.05) is 0 Å². The van der Waals surface area contributed by atoms with Gasteiger partial charge in [-0.2, -0.15) is 11.8 Å². The molecule has 4 heteroatoms. The molecule has 16 heavy (non-hydrogen) atoms. The highest BCUT2D eigenvalue weighted by atomic mass is 32.2. The minimum absolute atomic E-state index is 0.0241. The van der Waals surface area contributed by atoms with Gasteiger partial charge in [-0.1, -0.05) is 6.07 Å². The van der Waals surface area contributed by atoms with E-state index in [1.165, 1.54) is 18.2 Å². The van der Waals surface area contributed by atoms with Crippen LogP contribution in [0.2, 0.25) is 0 Å². The van der Waals surface area contributed by atoms with Crippen molar-refractivity contribution in [1.29, 1.82) is 0 Å². The van der Waals surface area contributed by atoms with Crippen molar-refractivity contribution >= 4 is 17.5 Å². The molecule has 1 saturated heterocycles. The first kappa shape index (κ1) is 11.6. The van der Waals surface area contributed by atoms with E-state index in [-0.39, 0.29) is 23.7 Å². The van der Waals surface area contributed by atoms with Gasteiger partial charge in [0, 0.05) is 23.7 Å². The lowest BCUT2D eigenvalue weighted by molar-refractivity contribution is -0.121. The minimum Gasteiger partial charge on any atom is -0.299 e. The van der Waals surface area contributed by atoms with Crippen LogP contribution < -0.4 is 0 Å². The van der Waals surface area contributed by atoms with Gasteiger partial charge in [-0.25, -0.2) is 8.78 Å². The standard InChI is InChI=1S/C12H12F2OS/c13-10-2-1-3-11(14)9(10)6-12(15)8-4-5-16-7-8/h1-3,8H,4-7H2. The molecule has 86 valence electrons. The Labute approximate surface area is 97.2 Å². The maximum atomic E-state index is 13.3. The minimum atomic E-state index is -0.626. The third-order valence-electron chi connectivity index (χ3n) is 2.80. The van der Waals surface area contributed by atoms with Gasteiger partial charge in [0.1, 0.15) is 17.4 Å². The summed E-state index contributed by atoms with van der Waals surface area (Å²) in [6, 6.07) is 3.69. The SMILES string of the molecule is O=C(Cc1c(F)cccc1F)C1CCSC1. The highest BCUT2D eigenvalue weighted by molar-refractivity contribution is 7.99. The second-order valence-corrected chi connectivity index (χ2v) is 5.05. The molecule has 0 bridgehead atoms. The molecule has 0 radical (unpaired) electrons. The summed E-state index contributed by atoms with van der Waals surface area (Å²) in [5.74, 6) is 0.432. The van der Waals surface area contributed by atoms with Crippen molar-refractivity contribution in [2.45, 2.75) is 12.8 Å². The molecule has 1 fully saturated rings. The Morgan fingerprint density at radius 2 is 2.06 bits per heavy atom. The van der Waals surface area contributed by atoms with Crippen LogP contribution in [0.15, 0.2) is 18.2 Å². The molecule has 1 aromatic rings. The Bertz CT molecular complexity index is 380. The number of hydrogen-bond acceptors (Lipinski definition) is 2. The molecule has 1 aromatic carbocycles. The van der Waals surface area contributed by atoms with E-state index in [4.69, 9.17) is 0 Å². The molecule has 0 aromatic heterocycles. The molecule has 0 aliphatic carbocycles. The van der Waals surface area contributed by atoms with Crippen molar-refractivity contribution in [1.82, 2.24) is 0 Å². The first-order valence-electron chi connectivity index (χ1n) is 5.22. The average Bonchev–Trinajstić information content (AvgIpc) is 2.76. The molecule has 2 rings (SSSR count). The van der Waals surface area contributed by atoms with Crippen LogP contribution in [0.5, 0.6) is 0 Å². The fourth-order valence-electron chi connectivity index (χ4n) is 1.81. The molecule has 1 nitrogen and oxygen atoms in total.